The lowest BCUT2D eigenvalue weighted by molar-refractivity contribution is 0.102. The fraction of sp³-hybridized carbons (Fsp3) is 0.214. The van der Waals surface area contributed by atoms with E-state index in [4.69, 9.17) is 4.98 Å². The summed E-state index contributed by atoms with van der Waals surface area (Å²) < 4.78 is 0. The molecule has 1 unspecified atom stereocenters. The minimum absolute atomic E-state index is 0.0255. The third-order valence-corrected chi connectivity index (χ3v) is 7.66. The Balaban J connectivity index is 1.36. The largest absolute Gasteiger partial charge is 0.374 e. The highest BCUT2D eigenvalue weighted by Crippen LogP contribution is 2.34. The van der Waals surface area contributed by atoms with E-state index in [9.17, 15) is 9.90 Å². The van der Waals surface area contributed by atoms with Crippen molar-refractivity contribution in [2.75, 3.05) is 5.32 Å². The number of unbranched alkanes of at least 4 members (excludes halogenated alkanes) is 1. The van der Waals surface area contributed by atoms with Crippen LogP contribution in [0.5, 0.6) is 0 Å². The van der Waals surface area contributed by atoms with E-state index < -0.39 is 6.23 Å². The van der Waals surface area contributed by atoms with Crippen LogP contribution >= 0.6 is 11.3 Å². The van der Waals surface area contributed by atoms with E-state index in [-0.39, 0.29) is 5.78 Å². The van der Waals surface area contributed by atoms with Crippen LogP contribution in [0.4, 0.5) is 5.69 Å². The normalized spacial score (nSPS) is 12.3. The number of fused-ring (bicyclic) bond motifs is 2. The molecule has 0 aliphatic heterocycles. The molecule has 196 valence electrons. The number of aromatic nitrogens is 7. The lowest BCUT2D eigenvalue weighted by atomic mass is 10.1. The zero-order valence-corrected chi connectivity index (χ0v) is 22.2. The molecule has 1 atom stereocenters. The SMILES string of the molecule is CCCCC(O)Nc1cncc(-c2cnc3n[nH]c(-c4nc5c(-c6ccc(C(C)=O)s6)nccc5[nH]4)c3c2)c1. The van der Waals surface area contributed by atoms with Crippen LogP contribution in [0.1, 0.15) is 42.8 Å². The van der Waals surface area contributed by atoms with E-state index in [0.717, 1.165) is 45.4 Å². The first kappa shape index (κ1) is 24.8. The number of aliphatic hydroxyl groups is 1. The molecule has 6 heterocycles. The number of pyridine rings is 3. The second-order valence-electron chi connectivity index (χ2n) is 9.32. The van der Waals surface area contributed by atoms with Crippen molar-refractivity contribution in [3.05, 3.63) is 60.0 Å². The summed E-state index contributed by atoms with van der Waals surface area (Å²) in [5.74, 6) is 0.634. The Morgan fingerprint density at radius 2 is 2.00 bits per heavy atom. The fourth-order valence-electron chi connectivity index (χ4n) is 4.47. The maximum absolute atomic E-state index is 11.8. The van der Waals surface area contributed by atoms with Gasteiger partial charge >= 0.3 is 0 Å². The zero-order valence-electron chi connectivity index (χ0n) is 21.4. The summed E-state index contributed by atoms with van der Waals surface area (Å²) in [4.78, 5) is 35.1. The maximum atomic E-state index is 11.8. The summed E-state index contributed by atoms with van der Waals surface area (Å²) in [5, 5.41) is 21.6. The van der Waals surface area contributed by atoms with Crippen molar-refractivity contribution >= 4 is 44.9 Å². The Hall–Kier alpha value is -4.48. The number of carbonyl (C=O) groups excluding carboxylic acids is 1. The summed E-state index contributed by atoms with van der Waals surface area (Å²) in [6.45, 7) is 3.65. The number of anilines is 1. The number of aromatic amines is 2. The first-order valence-corrected chi connectivity index (χ1v) is 13.5. The van der Waals surface area contributed by atoms with Crippen molar-refractivity contribution in [3.8, 4) is 33.2 Å². The second kappa shape index (κ2) is 10.4. The molecule has 6 rings (SSSR count). The van der Waals surface area contributed by atoms with Gasteiger partial charge in [-0.3, -0.25) is 19.9 Å². The van der Waals surface area contributed by atoms with Crippen molar-refractivity contribution in [3.63, 3.8) is 0 Å². The van der Waals surface area contributed by atoms with Gasteiger partial charge in [0.2, 0.25) is 0 Å². The lowest BCUT2D eigenvalue weighted by Crippen LogP contribution is -2.18. The number of ketones is 1. The fourth-order valence-corrected chi connectivity index (χ4v) is 5.36. The van der Waals surface area contributed by atoms with Crippen LogP contribution in [0.3, 0.4) is 0 Å². The number of imidazole rings is 1. The smallest absolute Gasteiger partial charge is 0.181 e. The number of nitrogens with zero attached hydrogens (tertiary/aromatic N) is 5. The number of hydrogen-bond acceptors (Lipinski definition) is 9. The molecule has 0 radical (unpaired) electrons. The van der Waals surface area contributed by atoms with Crippen LogP contribution in [-0.2, 0) is 0 Å². The number of rotatable bonds is 9. The van der Waals surface area contributed by atoms with Gasteiger partial charge in [-0.15, -0.1) is 11.3 Å². The van der Waals surface area contributed by atoms with Crippen LogP contribution in [0, 0.1) is 0 Å². The van der Waals surface area contributed by atoms with Crippen molar-refractivity contribution < 1.29 is 9.90 Å². The summed E-state index contributed by atoms with van der Waals surface area (Å²) in [7, 11) is 0. The third kappa shape index (κ3) is 4.89. The molecule has 0 aromatic carbocycles. The van der Waals surface area contributed by atoms with Gasteiger partial charge < -0.3 is 15.4 Å². The van der Waals surface area contributed by atoms with Gasteiger partial charge in [0.25, 0.3) is 0 Å². The average Bonchev–Trinajstić information content (AvgIpc) is 3.69. The Labute approximate surface area is 227 Å². The highest BCUT2D eigenvalue weighted by atomic mass is 32.1. The summed E-state index contributed by atoms with van der Waals surface area (Å²) >= 11 is 1.40. The quantitative estimate of drug-likeness (QED) is 0.133. The molecule has 0 spiro atoms. The number of carbonyl (C=O) groups is 1. The van der Waals surface area contributed by atoms with Gasteiger partial charge in [0, 0.05) is 29.7 Å². The first-order chi connectivity index (χ1) is 19.0. The Kier molecular flexibility index (Phi) is 6.59. The first-order valence-electron chi connectivity index (χ1n) is 12.7. The van der Waals surface area contributed by atoms with E-state index in [0.29, 0.717) is 39.7 Å². The maximum Gasteiger partial charge on any atom is 0.181 e. The van der Waals surface area contributed by atoms with Gasteiger partial charge in [0.1, 0.15) is 23.1 Å². The van der Waals surface area contributed by atoms with Crippen molar-refractivity contribution in [1.29, 1.82) is 0 Å². The Morgan fingerprint density at radius 1 is 1.13 bits per heavy atom. The number of thiophene rings is 1. The summed E-state index contributed by atoms with van der Waals surface area (Å²) in [6, 6.07) is 9.53. The van der Waals surface area contributed by atoms with E-state index >= 15 is 0 Å². The van der Waals surface area contributed by atoms with Gasteiger partial charge in [-0.05, 0) is 50.1 Å². The number of H-pyrrole nitrogens is 2. The average molecular weight is 539 g/mol. The van der Waals surface area contributed by atoms with Crippen LogP contribution in [0.2, 0.25) is 0 Å². The molecule has 0 saturated carbocycles. The zero-order chi connectivity index (χ0) is 26.9. The second-order valence-corrected chi connectivity index (χ2v) is 10.4. The van der Waals surface area contributed by atoms with E-state index in [1.165, 1.54) is 11.3 Å². The molecule has 0 aliphatic carbocycles. The topological polar surface area (TPSA) is 145 Å². The standard InChI is InChI=1S/C28H26N8O2S/c1-3-4-5-23(38)32-18-10-16(12-29-14-18)17-11-19-24(35-36-27(19)31-13-17)28-33-20-8-9-30-26(25(20)34-28)22-7-6-21(39-22)15(2)37/h6-14,23,32,38H,3-5H2,1-2H3,(H,33,34)(H,31,35,36). The van der Waals surface area contributed by atoms with E-state index in [2.05, 4.69) is 42.4 Å². The monoisotopic (exact) mass is 538 g/mol. The van der Waals surface area contributed by atoms with E-state index in [1.54, 1.807) is 31.7 Å². The molecular weight excluding hydrogens is 512 g/mol. The van der Waals surface area contributed by atoms with E-state index in [1.807, 2.05) is 30.3 Å². The van der Waals surface area contributed by atoms with Crippen LogP contribution in [0.15, 0.2) is 55.1 Å². The molecule has 0 fully saturated rings. The van der Waals surface area contributed by atoms with Gasteiger partial charge in [0.15, 0.2) is 17.3 Å². The minimum atomic E-state index is -0.626. The van der Waals surface area contributed by atoms with Crippen LogP contribution < -0.4 is 5.32 Å². The highest BCUT2D eigenvalue weighted by Gasteiger charge is 2.18. The van der Waals surface area contributed by atoms with Crippen molar-refractivity contribution in [1.82, 2.24) is 35.1 Å². The molecule has 10 nitrogen and oxygen atoms in total. The summed E-state index contributed by atoms with van der Waals surface area (Å²) in [6.07, 6.45) is 8.95. The Bertz CT molecular complexity index is 1800. The van der Waals surface area contributed by atoms with Crippen molar-refractivity contribution in [2.24, 2.45) is 0 Å². The molecular formula is C28H26N8O2S. The van der Waals surface area contributed by atoms with Gasteiger partial charge in [-0.1, -0.05) is 13.3 Å². The minimum Gasteiger partial charge on any atom is -0.374 e. The molecule has 0 aliphatic rings. The van der Waals surface area contributed by atoms with Gasteiger partial charge in [-0.2, -0.15) is 5.10 Å². The summed E-state index contributed by atoms with van der Waals surface area (Å²) in [5.41, 5.74) is 5.97. The lowest BCUT2D eigenvalue weighted by Gasteiger charge is -2.14. The predicted octanol–water partition coefficient (Wildman–Crippen LogP) is 5.81. The number of nitrogens with one attached hydrogen (secondary N) is 3. The number of Topliss-reactive ketones (excluding diaryl/α,β-unsaturated/α-hetero) is 1. The molecule has 11 heteroatoms. The Morgan fingerprint density at radius 3 is 2.82 bits per heavy atom. The van der Waals surface area contributed by atoms with Crippen LogP contribution in [-0.4, -0.2) is 52.2 Å². The molecule has 6 aromatic heterocycles. The molecule has 0 saturated heterocycles. The molecule has 6 aromatic rings. The molecule has 0 bridgehead atoms. The molecule has 39 heavy (non-hydrogen) atoms. The number of hydrogen-bond donors (Lipinski definition) is 4. The van der Waals surface area contributed by atoms with Gasteiger partial charge in [-0.25, -0.2) is 9.97 Å². The predicted molar refractivity (Wildman–Crippen MR) is 152 cm³/mol. The highest BCUT2D eigenvalue weighted by molar-refractivity contribution is 7.17. The van der Waals surface area contributed by atoms with Crippen LogP contribution in [0.25, 0.3) is 55.3 Å². The molecule has 4 N–H and O–H groups in total. The van der Waals surface area contributed by atoms with Crippen molar-refractivity contribution in [2.45, 2.75) is 39.3 Å². The molecule has 0 amide bonds. The third-order valence-electron chi connectivity index (χ3n) is 6.47. The van der Waals surface area contributed by atoms with Gasteiger partial charge in [0.05, 0.1) is 32.5 Å². The number of aliphatic hydroxyl groups excluding tert-OH is 1.